The summed E-state index contributed by atoms with van der Waals surface area (Å²) in [7, 11) is 1.60. The lowest BCUT2D eigenvalue weighted by atomic mass is 10.1. The monoisotopic (exact) mass is 301 g/mol. The Labute approximate surface area is 128 Å². The molecule has 0 radical (unpaired) electrons. The summed E-state index contributed by atoms with van der Waals surface area (Å²) in [4.78, 5) is 24.2. The number of ether oxygens (including phenoxy) is 1. The lowest BCUT2D eigenvalue weighted by Gasteiger charge is -2.14. The maximum absolute atomic E-state index is 12.5. The molecule has 0 fully saturated rings. The predicted octanol–water partition coefficient (Wildman–Crippen LogP) is 1.54. The zero-order valence-electron chi connectivity index (χ0n) is 12.6. The number of rotatable bonds is 5. The Balaban J connectivity index is 2.57. The number of aromatic nitrogens is 1. The molecule has 22 heavy (non-hydrogen) atoms. The highest BCUT2D eigenvalue weighted by molar-refractivity contribution is 5.93. The molecule has 0 saturated heterocycles. The van der Waals surface area contributed by atoms with E-state index in [4.69, 9.17) is 10.6 Å². The minimum absolute atomic E-state index is 0.0354. The van der Waals surface area contributed by atoms with Crippen molar-refractivity contribution in [3.05, 3.63) is 52.3 Å². The molecule has 1 amide bonds. The van der Waals surface area contributed by atoms with E-state index in [0.29, 0.717) is 6.54 Å². The van der Waals surface area contributed by atoms with Crippen LogP contribution < -0.4 is 21.6 Å². The molecule has 0 aliphatic carbocycles. The number of pyridine rings is 1. The number of hydrazine groups is 1. The van der Waals surface area contributed by atoms with Gasteiger partial charge in [0, 0.05) is 6.54 Å². The Morgan fingerprint density at radius 2 is 1.91 bits per heavy atom. The van der Waals surface area contributed by atoms with E-state index in [0.717, 1.165) is 23.4 Å². The lowest BCUT2D eigenvalue weighted by Crippen LogP contribution is -2.36. The smallest absolute Gasteiger partial charge is 0.270 e. The van der Waals surface area contributed by atoms with Gasteiger partial charge in [-0.05, 0) is 48.4 Å². The van der Waals surface area contributed by atoms with E-state index in [1.54, 1.807) is 17.7 Å². The van der Waals surface area contributed by atoms with Crippen LogP contribution in [0.1, 0.15) is 23.7 Å². The Morgan fingerprint density at radius 3 is 2.45 bits per heavy atom. The van der Waals surface area contributed by atoms with Gasteiger partial charge in [0.2, 0.25) is 0 Å². The Bertz CT molecular complexity index is 720. The minimum Gasteiger partial charge on any atom is -0.497 e. The topological polar surface area (TPSA) is 86.3 Å². The number of nitrogens with one attached hydrogen (secondary N) is 1. The van der Waals surface area contributed by atoms with E-state index < -0.39 is 5.91 Å². The van der Waals surface area contributed by atoms with Gasteiger partial charge < -0.3 is 9.30 Å². The Kier molecular flexibility index (Phi) is 4.95. The summed E-state index contributed by atoms with van der Waals surface area (Å²) in [5, 5.41) is 0. The van der Waals surface area contributed by atoms with E-state index >= 15 is 0 Å². The summed E-state index contributed by atoms with van der Waals surface area (Å²) in [6.07, 6.45) is 0.775. The van der Waals surface area contributed by atoms with Crippen molar-refractivity contribution >= 4 is 5.91 Å². The van der Waals surface area contributed by atoms with Gasteiger partial charge in [-0.3, -0.25) is 15.0 Å². The fourth-order valence-electron chi connectivity index (χ4n) is 2.29. The molecule has 116 valence electrons. The normalized spacial score (nSPS) is 10.3. The fraction of sp³-hybridized carbons (Fsp3) is 0.250. The molecule has 0 aliphatic rings. The molecule has 1 heterocycles. The van der Waals surface area contributed by atoms with E-state index in [1.807, 2.05) is 36.6 Å². The second-order valence-electron chi connectivity index (χ2n) is 4.79. The quantitative estimate of drug-likeness (QED) is 0.498. The maximum Gasteiger partial charge on any atom is 0.270 e. The highest BCUT2D eigenvalue weighted by Gasteiger charge is 2.14. The number of carbonyl (C=O) groups excluding carboxylic acids is 1. The summed E-state index contributed by atoms with van der Waals surface area (Å²) in [5.74, 6) is 5.27. The number of nitrogen functional groups attached to an aromatic ring is 1. The third kappa shape index (κ3) is 3.01. The van der Waals surface area contributed by atoms with Gasteiger partial charge in [-0.15, -0.1) is 0 Å². The van der Waals surface area contributed by atoms with Crippen LogP contribution in [0.25, 0.3) is 11.3 Å². The maximum atomic E-state index is 12.5. The summed E-state index contributed by atoms with van der Waals surface area (Å²) in [6, 6.07) is 10.7. The molecule has 0 bridgehead atoms. The molecule has 6 nitrogen and oxygen atoms in total. The van der Waals surface area contributed by atoms with Crippen molar-refractivity contribution in [1.29, 1.82) is 0 Å². The fourth-order valence-corrected chi connectivity index (χ4v) is 2.29. The van der Waals surface area contributed by atoms with Gasteiger partial charge in [-0.25, -0.2) is 5.84 Å². The van der Waals surface area contributed by atoms with Crippen LogP contribution in [0.15, 0.2) is 41.2 Å². The number of nitrogens with zero attached hydrogens (tertiary/aromatic N) is 1. The summed E-state index contributed by atoms with van der Waals surface area (Å²) < 4.78 is 6.73. The summed E-state index contributed by atoms with van der Waals surface area (Å²) in [5.41, 5.74) is 3.32. The summed E-state index contributed by atoms with van der Waals surface area (Å²) >= 11 is 0. The van der Waals surface area contributed by atoms with Gasteiger partial charge in [-0.2, -0.15) is 0 Å². The van der Waals surface area contributed by atoms with E-state index in [9.17, 15) is 9.59 Å². The molecule has 0 unspecified atom stereocenters. The molecule has 0 spiro atoms. The number of hydrogen-bond donors (Lipinski definition) is 2. The van der Waals surface area contributed by atoms with Crippen LogP contribution in [-0.4, -0.2) is 17.6 Å². The standard InChI is InChI=1S/C16H19N3O3/c1-3-10-19-14(11-4-6-12(22-2)7-5-11)9-8-13(16(19)21)15(20)18-17/h4-9H,3,10,17H2,1-2H3,(H,18,20). The molecular weight excluding hydrogens is 282 g/mol. The molecule has 2 rings (SSSR count). The van der Waals surface area contributed by atoms with E-state index in [-0.39, 0.29) is 11.1 Å². The van der Waals surface area contributed by atoms with Crippen molar-refractivity contribution in [1.82, 2.24) is 9.99 Å². The van der Waals surface area contributed by atoms with Crippen LogP contribution in [0, 0.1) is 0 Å². The number of methoxy groups -OCH3 is 1. The van der Waals surface area contributed by atoms with Crippen molar-refractivity contribution in [3.8, 4) is 17.0 Å². The first-order chi connectivity index (χ1) is 10.6. The first-order valence-electron chi connectivity index (χ1n) is 7.01. The van der Waals surface area contributed by atoms with E-state index in [2.05, 4.69) is 0 Å². The van der Waals surface area contributed by atoms with Crippen LogP contribution in [0.3, 0.4) is 0 Å². The molecule has 1 aromatic carbocycles. The molecule has 1 aromatic heterocycles. The van der Waals surface area contributed by atoms with Crippen LogP contribution in [0.5, 0.6) is 5.75 Å². The van der Waals surface area contributed by atoms with Crippen molar-refractivity contribution in [2.45, 2.75) is 19.9 Å². The first kappa shape index (κ1) is 15.8. The van der Waals surface area contributed by atoms with Gasteiger partial charge in [0.05, 0.1) is 12.8 Å². The predicted molar refractivity (Wildman–Crippen MR) is 84.6 cm³/mol. The van der Waals surface area contributed by atoms with Gasteiger partial charge in [-0.1, -0.05) is 6.92 Å². The van der Waals surface area contributed by atoms with E-state index in [1.165, 1.54) is 6.07 Å². The zero-order chi connectivity index (χ0) is 16.1. The highest BCUT2D eigenvalue weighted by atomic mass is 16.5. The zero-order valence-corrected chi connectivity index (χ0v) is 12.6. The number of hydrogen-bond acceptors (Lipinski definition) is 4. The molecule has 2 aromatic rings. The second-order valence-corrected chi connectivity index (χ2v) is 4.79. The average Bonchev–Trinajstić information content (AvgIpc) is 2.56. The van der Waals surface area contributed by atoms with Crippen molar-refractivity contribution < 1.29 is 9.53 Å². The number of benzene rings is 1. The number of amides is 1. The summed E-state index contributed by atoms with van der Waals surface area (Å²) in [6.45, 7) is 2.49. The van der Waals surface area contributed by atoms with Crippen molar-refractivity contribution in [3.63, 3.8) is 0 Å². The Hall–Kier alpha value is -2.60. The molecule has 0 atom stereocenters. The third-order valence-electron chi connectivity index (χ3n) is 3.38. The third-order valence-corrected chi connectivity index (χ3v) is 3.38. The Morgan fingerprint density at radius 1 is 1.23 bits per heavy atom. The molecule has 6 heteroatoms. The molecule has 0 saturated carbocycles. The number of carbonyl (C=O) groups is 1. The van der Waals surface area contributed by atoms with Crippen molar-refractivity contribution in [2.24, 2.45) is 5.84 Å². The molecule has 0 aliphatic heterocycles. The van der Waals surface area contributed by atoms with Gasteiger partial charge in [0.15, 0.2) is 0 Å². The lowest BCUT2D eigenvalue weighted by molar-refractivity contribution is 0.0951. The largest absolute Gasteiger partial charge is 0.497 e. The molecular formula is C16H19N3O3. The molecule has 3 N–H and O–H groups in total. The van der Waals surface area contributed by atoms with Gasteiger partial charge >= 0.3 is 0 Å². The SMILES string of the molecule is CCCn1c(-c2ccc(OC)cc2)ccc(C(=O)NN)c1=O. The second kappa shape index (κ2) is 6.91. The van der Waals surface area contributed by atoms with Crippen molar-refractivity contribution in [2.75, 3.05) is 7.11 Å². The first-order valence-corrected chi connectivity index (χ1v) is 7.01. The highest BCUT2D eigenvalue weighted by Crippen LogP contribution is 2.22. The number of nitrogens with two attached hydrogens (primary N) is 1. The average molecular weight is 301 g/mol. The van der Waals surface area contributed by atoms with Crippen LogP contribution in [0.4, 0.5) is 0 Å². The van der Waals surface area contributed by atoms with Gasteiger partial charge in [0.25, 0.3) is 11.5 Å². The van der Waals surface area contributed by atoms with Gasteiger partial charge in [0.1, 0.15) is 11.3 Å². The minimum atomic E-state index is -0.587. The van der Waals surface area contributed by atoms with Crippen LogP contribution >= 0.6 is 0 Å². The van der Waals surface area contributed by atoms with Crippen LogP contribution in [0.2, 0.25) is 0 Å². The van der Waals surface area contributed by atoms with Crippen LogP contribution in [-0.2, 0) is 6.54 Å².